The second kappa shape index (κ2) is 3.70. The summed E-state index contributed by atoms with van der Waals surface area (Å²) in [5, 5.41) is 10.5. The van der Waals surface area contributed by atoms with Crippen molar-refractivity contribution in [3.63, 3.8) is 0 Å². The van der Waals surface area contributed by atoms with Crippen molar-refractivity contribution in [3.05, 3.63) is 23.3 Å². The van der Waals surface area contributed by atoms with E-state index in [9.17, 15) is 9.90 Å². The van der Waals surface area contributed by atoms with Crippen LogP contribution in [-0.2, 0) is 9.53 Å². The summed E-state index contributed by atoms with van der Waals surface area (Å²) in [4.78, 5) is 11.8. The van der Waals surface area contributed by atoms with Gasteiger partial charge in [0.05, 0.1) is 17.4 Å². The number of rotatable bonds is 0. The number of fused-ring (bicyclic) bond motifs is 3. The van der Waals surface area contributed by atoms with Crippen LogP contribution in [0.15, 0.2) is 23.3 Å². The van der Waals surface area contributed by atoms with Gasteiger partial charge in [-0.05, 0) is 32.3 Å². The molecule has 3 aliphatic rings. The molecule has 3 heteroatoms. The molecule has 0 spiro atoms. The Morgan fingerprint density at radius 3 is 2.94 bits per heavy atom. The number of esters is 1. The highest BCUT2D eigenvalue weighted by Crippen LogP contribution is 2.49. The Balaban J connectivity index is 2.05. The van der Waals surface area contributed by atoms with Crippen molar-refractivity contribution in [1.82, 2.24) is 0 Å². The SMILES string of the molecule is CC1=C2C=C[C@](C)(O)[C@@H]2[C@H]2OC(=O)[C@H](C)[C@@H]2CC1. The van der Waals surface area contributed by atoms with Gasteiger partial charge >= 0.3 is 5.97 Å². The largest absolute Gasteiger partial charge is 0.461 e. The van der Waals surface area contributed by atoms with Crippen LogP contribution in [0.3, 0.4) is 0 Å². The predicted molar refractivity (Wildman–Crippen MR) is 67.7 cm³/mol. The normalized spacial score (nSPS) is 46.8. The molecule has 0 radical (unpaired) electrons. The fraction of sp³-hybridized carbons (Fsp3) is 0.667. The van der Waals surface area contributed by atoms with Crippen molar-refractivity contribution in [1.29, 1.82) is 0 Å². The van der Waals surface area contributed by atoms with Crippen molar-refractivity contribution >= 4 is 5.97 Å². The van der Waals surface area contributed by atoms with Gasteiger partial charge in [-0.15, -0.1) is 0 Å². The van der Waals surface area contributed by atoms with E-state index in [0.717, 1.165) is 12.8 Å². The number of hydrogen-bond acceptors (Lipinski definition) is 3. The van der Waals surface area contributed by atoms with Gasteiger partial charge in [0.2, 0.25) is 0 Å². The van der Waals surface area contributed by atoms with Gasteiger partial charge in [0.25, 0.3) is 0 Å². The van der Waals surface area contributed by atoms with Crippen LogP contribution in [-0.4, -0.2) is 22.8 Å². The fourth-order valence-corrected chi connectivity index (χ4v) is 3.74. The van der Waals surface area contributed by atoms with Gasteiger partial charge in [-0.1, -0.05) is 24.6 Å². The standard InChI is InChI=1S/C15H20O3/c1-8-4-5-11-9(2)14(16)18-13(11)12-10(8)6-7-15(12,3)17/h6-7,9,11-13,17H,4-5H2,1-3H3/t9-,11+,12+,13+,15+/m1/s1. The van der Waals surface area contributed by atoms with E-state index in [1.807, 2.05) is 26.0 Å². The summed E-state index contributed by atoms with van der Waals surface area (Å²) >= 11 is 0. The van der Waals surface area contributed by atoms with Gasteiger partial charge in [-0.3, -0.25) is 4.79 Å². The van der Waals surface area contributed by atoms with Gasteiger partial charge < -0.3 is 9.84 Å². The van der Waals surface area contributed by atoms with Crippen LogP contribution in [0.25, 0.3) is 0 Å². The van der Waals surface area contributed by atoms with E-state index >= 15 is 0 Å². The highest BCUT2D eigenvalue weighted by molar-refractivity contribution is 5.75. The molecule has 0 bridgehead atoms. The van der Waals surface area contributed by atoms with E-state index in [4.69, 9.17) is 4.74 Å². The van der Waals surface area contributed by atoms with E-state index in [-0.39, 0.29) is 29.8 Å². The van der Waals surface area contributed by atoms with Crippen LogP contribution < -0.4 is 0 Å². The van der Waals surface area contributed by atoms with E-state index in [1.54, 1.807) is 0 Å². The lowest BCUT2D eigenvalue weighted by Gasteiger charge is -2.32. The van der Waals surface area contributed by atoms with Crippen LogP contribution >= 0.6 is 0 Å². The van der Waals surface area contributed by atoms with Gasteiger partial charge in [0, 0.05) is 5.92 Å². The molecule has 0 aromatic rings. The summed E-state index contributed by atoms with van der Waals surface area (Å²) in [6.45, 7) is 5.89. The van der Waals surface area contributed by atoms with Gasteiger partial charge in [-0.2, -0.15) is 0 Å². The Hall–Kier alpha value is -1.09. The molecule has 3 rings (SSSR count). The van der Waals surface area contributed by atoms with Crippen LogP contribution in [0.2, 0.25) is 0 Å². The summed E-state index contributed by atoms with van der Waals surface area (Å²) in [5.74, 6) is 0.00498. The number of carbonyl (C=O) groups excluding carboxylic acids is 1. The smallest absolute Gasteiger partial charge is 0.309 e. The van der Waals surface area contributed by atoms with E-state index < -0.39 is 5.60 Å². The number of carbonyl (C=O) groups is 1. The first-order chi connectivity index (χ1) is 8.42. The molecule has 2 aliphatic carbocycles. The number of aliphatic hydroxyl groups is 1. The van der Waals surface area contributed by atoms with Gasteiger partial charge in [0.15, 0.2) is 0 Å². The van der Waals surface area contributed by atoms with E-state index in [1.165, 1.54) is 11.1 Å². The molecule has 1 saturated heterocycles. The lowest BCUT2D eigenvalue weighted by molar-refractivity contribution is -0.147. The lowest BCUT2D eigenvalue weighted by Crippen LogP contribution is -2.40. The Morgan fingerprint density at radius 1 is 1.50 bits per heavy atom. The Kier molecular flexibility index (Phi) is 2.46. The van der Waals surface area contributed by atoms with Crippen molar-refractivity contribution in [2.75, 3.05) is 0 Å². The maximum absolute atomic E-state index is 11.8. The molecular weight excluding hydrogens is 228 g/mol. The Bertz CT molecular complexity index is 458. The minimum Gasteiger partial charge on any atom is -0.461 e. The molecule has 0 aromatic heterocycles. The van der Waals surface area contributed by atoms with Crippen LogP contribution in [0.4, 0.5) is 0 Å². The molecule has 3 nitrogen and oxygen atoms in total. The zero-order chi connectivity index (χ0) is 13.1. The second-order valence-electron chi connectivity index (χ2n) is 6.17. The fourth-order valence-electron chi connectivity index (χ4n) is 3.74. The van der Waals surface area contributed by atoms with Crippen LogP contribution in [0.5, 0.6) is 0 Å². The molecule has 1 heterocycles. The quantitative estimate of drug-likeness (QED) is 0.669. The minimum atomic E-state index is -0.895. The second-order valence-corrected chi connectivity index (χ2v) is 6.17. The third-order valence-corrected chi connectivity index (χ3v) is 4.93. The lowest BCUT2D eigenvalue weighted by atomic mass is 9.77. The summed E-state index contributed by atoms with van der Waals surface area (Å²) in [6.07, 6.45) is 5.67. The summed E-state index contributed by atoms with van der Waals surface area (Å²) < 4.78 is 5.58. The van der Waals surface area contributed by atoms with Crippen molar-refractivity contribution in [2.45, 2.75) is 45.3 Å². The van der Waals surface area contributed by atoms with Crippen molar-refractivity contribution < 1.29 is 14.6 Å². The summed E-state index contributed by atoms with van der Waals surface area (Å²) in [7, 11) is 0. The number of allylic oxidation sites excluding steroid dienone is 2. The molecule has 5 atom stereocenters. The van der Waals surface area contributed by atoms with Crippen molar-refractivity contribution in [2.24, 2.45) is 17.8 Å². The molecule has 1 fully saturated rings. The van der Waals surface area contributed by atoms with Gasteiger partial charge in [-0.25, -0.2) is 0 Å². The Morgan fingerprint density at radius 2 is 2.22 bits per heavy atom. The van der Waals surface area contributed by atoms with Crippen LogP contribution in [0.1, 0.15) is 33.6 Å². The first-order valence-corrected chi connectivity index (χ1v) is 6.73. The molecule has 98 valence electrons. The maximum Gasteiger partial charge on any atom is 0.309 e. The topological polar surface area (TPSA) is 46.5 Å². The molecule has 0 saturated carbocycles. The number of ether oxygens (including phenoxy) is 1. The minimum absolute atomic E-state index is 0.0430. The highest BCUT2D eigenvalue weighted by Gasteiger charge is 2.53. The number of hydrogen-bond donors (Lipinski definition) is 1. The Labute approximate surface area is 108 Å². The monoisotopic (exact) mass is 248 g/mol. The van der Waals surface area contributed by atoms with E-state index in [0.29, 0.717) is 0 Å². The zero-order valence-electron chi connectivity index (χ0n) is 11.1. The van der Waals surface area contributed by atoms with Crippen molar-refractivity contribution in [3.8, 4) is 0 Å². The average Bonchev–Trinajstić information content (AvgIpc) is 2.69. The molecule has 1 N–H and O–H groups in total. The first-order valence-electron chi connectivity index (χ1n) is 6.73. The molecule has 0 aromatic carbocycles. The van der Waals surface area contributed by atoms with Crippen LogP contribution in [0, 0.1) is 17.8 Å². The molecule has 0 amide bonds. The first kappa shape index (κ1) is 12.0. The van der Waals surface area contributed by atoms with Gasteiger partial charge in [0.1, 0.15) is 6.10 Å². The predicted octanol–water partition coefficient (Wildman–Crippen LogP) is 2.21. The molecular formula is C15H20O3. The maximum atomic E-state index is 11.8. The third-order valence-electron chi connectivity index (χ3n) is 4.93. The average molecular weight is 248 g/mol. The summed E-state index contributed by atoms with van der Waals surface area (Å²) in [6, 6.07) is 0. The highest BCUT2D eigenvalue weighted by atomic mass is 16.6. The zero-order valence-corrected chi connectivity index (χ0v) is 11.1. The third kappa shape index (κ3) is 1.50. The molecule has 0 unspecified atom stereocenters. The van der Waals surface area contributed by atoms with E-state index in [2.05, 4.69) is 6.92 Å². The molecule has 1 aliphatic heterocycles. The molecule has 18 heavy (non-hydrogen) atoms. The summed E-state index contributed by atoms with van der Waals surface area (Å²) in [5.41, 5.74) is 1.61.